The van der Waals surface area contributed by atoms with Crippen molar-refractivity contribution in [3.63, 3.8) is 0 Å². The largest absolute Gasteiger partial charge is 0.364 e. The first-order valence-corrected chi connectivity index (χ1v) is 10.2. The van der Waals surface area contributed by atoms with Gasteiger partial charge >= 0.3 is 0 Å². The fourth-order valence-electron chi connectivity index (χ4n) is 3.76. The van der Waals surface area contributed by atoms with Crippen molar-refractivity contribution in [3.05, 3.63) is 51.8 Å². The highest BCUT2D eigenvalue weighted by Gasteiger charge is 2.32. The van der Waals surface area contributed by atoms with Crippen molar-refractivity contribution in [2.45, 2.75) is 35.8 Å². The number of rotatable bonds is 4. The van der Waals surface area contributed by atoms with Crippen LogP contribution in [0.3, 0.4) is 0 Å². The second kappa shape index (κ2) is 7.55. The van der Waals surface area contributed by atoms with Gasteiger partial charge in [-0.15, -0.1) is 16.9 Å². The highest BCUT2D eigenvalue weighted by Crippen LogP contribution is 2.48. The molecular formula is C19H21ClN4OS. The summed E-state index contributed by atoms with van der Waals surface area (Å²) in [5.74, 6) is 0.0602. The predicted octanol–water partition coefficient (Wildman–Crippen LogP) is 3.16. The average molecular weight is 389 g/mol. The Balaban J connectivity index is 1.64. The van der Waals surface area contributed by atoms with Gasteiger partial charge in [0.25, 0.3) is 5.91 Å². The van der Waals surface area contributed by atoms with E-state index in [1.165, 1.54) is 18.4 Å². The van der Waals surface area contributed by atoms with Gasteiger partial charge in [-0.3, -0.25) is 4.79 Å². The number of hydrogen-bond donors (Lipinski definition) is 2. The Morgan fingerprint density at radius 3 is 2.81 bits per heavy atom. The lowest BCUT2D eigenvalue weighted by atomic mass is 9.91. The third kappa shape index (κ3) is 3.59. The minimum absolute atomic E-state index is 0.231. The SMILES string of the molecule is NC(=O)c1nnc(CC2CCCNC2)c2c1SC(c1ccc(Cl)cc1)C2. The molecule has 1 aromatic carbocycles. The van der Waals surface area contributed by atoms with E-state index in [9.17, 15) is 4.79 Å². The lowest BCUT2D eigenvalue weighted by Gasteiger charge is -2.23. The summed E-state index contributed by atoms with van der Waals surface area (Å²) in [6.45, 7) is 2.11. The molecule has 26 heavy (non-hydrogen) atoms. The number of primary amides is 1. The normalized spacial score (nSPS) is 22.2. The molecule has 2 aromatic rings. The molecule has 0 radical (unpaired) electrons. The summed E-state index contributed by atoms with van der Waals surface area (Å²) in [7, 11) is 0. The molecule has 1 saturated heterocycles. The zero-order valence-electron chi connectivity index (χ0n) is 14.4. The van der Waals surface area contributed by atoms with E-state index in [2.05, 4.69) is 15.5 Å². The number of nitrogens with zero attached hydrogens (tertiary/aromatic N) is 2. The number of carbonyl (C=O) groups is 1. The predicted molar refractivity (Wildman–Crippen MR) is 104 cm³/mol. The summed E-state index contributed by atoms with van der Waals surface area (Å²) in [6.07, 6.45) is 4.14. The first-order valence-electron chi connectivity index (χ1n) is 8.93. The van der Waals surface area contributed by atoms with Crippen LogP contribution < -0.4 is 11.1 Å². The van der Waals surface area contributed by atoms with E-state index in [1.807, 2.05) is 24.3 Å². The summed E-state index contributed by atoms with van der Waals surface area (Å²) in [6, 6.07) is 7.89. The molecule has 0 bridgehead atoms. The molecule has 2 aliphatic heterocycles. The molecule has 1 amide bonds. The van der Waals surface area contributed by atoms with Gasteiger partial charge in [0.05, 0.1) is 5.69 Å². The molecule has 7 heteroatoms. The molecular weight excluding hydrogens is 368 g/mol. The maximum atomic E-state index is 11.8. The van der Waals surface area contributed by atoms with Crippen molar-refractivity contribution in [3.8, 4) is 0 Å². The molecule has 3 N–H and O–H groups in total. The van der Waals surface area contributed by atoms with Crippen LogP contribution in [0, 0.1) is 5.92 Å². The number of fused-ring (bicyclic) bond motifs is 1. The van der Waals surface area contributed by atoms with Crippen molar-refractivity contribution in [1.82, 2.24) is 15.5 Å². The number of piperidine rings is 1. The number of nitrogens with two attached hydrogens (primary N) is 1. The second-order valence-electron chi connectivity index (χ2n) is 6.95. The third-order valence-corrected chi connectivity index (χ3v) is 6.76. The number of nitrogens with one attached hydrogen (secondary N) is 1. The number of aromatic nitrogens is 2. The van der Waals surface area contributed by atoms with Crippen molar-refractivity contribution in [2.24, 2.45) is 11.7 Å². The summed E-state index contributed by atoms with van der Waals surface area (Å²) in [4.78, 5) is 12.7. The molecule has 0 spiro atoms. The zero-order valence-corrected chi connectivity index (χ0v) is 15.9. The number of hydrogen-bond acceptors (Lipinski definition) is 5. The van der Waals surface area contributed by atoms with Crippen LogP contribution in [-0.4, -0.2) is 29.2 Å². The summed E-state index contributed by atoms with van der Waals surface area (Å²) < 4.78 is 0. The average Bonchev–Trinajstić information content (AvgIpc) is 3.09. The minimum Gasteiger partial charge on any atom is -0.364 e. The van der Waals surface area contributed by atoms with Crippen LogP contribution in [0.5, 0.6) is 0 Å². The highest BCUT2D eigenvalue weighted by molar-refractivity contribution is 8.00. The third-order valence-electron chi connectivity index (χ3n) is 5.11. The molecule has 1 aromatic heterocycles. The topological polar surface area (TPSA) is 80.9 Å². The fourth-order valence-corrected chi connectivity index (χ4v) is 5.31. The van der Waals surface area contributed by atoms with Crippen molar-refractivity contribution < 1.29 is 4.79 Å². The van der Waals surface area contributed by atoms with E-state index in [4.69, 9.17) is 17.3 Å². The van der Waals surface area contributed by atoms with E-state index in [1.54, 1.807) is 11.8 Å². The Morgan fingerprint density at radius 1 is 1.31 bits per heavy atom. The molecule has 0 aliphatic carbocycles. The Hall–Kier alpha value is -1.63. The molecule has 2 atom stereocenters. The van der Waals surface area contributed by atoms with Gasteiger partial charge in [0.2, 0.25) is 0 Å². The molecule has 2 unspecified atom stereocenters. The number of halogens is 1. The zero-order chi connectivity index (χ0) is 18.1. The van der Waals surface area contributed by atoms with Crippen LogP contribution in [0.4, 0.5) is 0 Å². The van der Waals surface area contributed by atoms with E-state index in [-0.39, 0.29) is 5.25 Å². The minimum atomic E-state index is -0.510. The van der Waals surface area contributed by atoms with Crippen molar-refractivity contribution in [2.75, 3.05) is 13.1 Å². The van der Waals surface area contributed by atoms with E-state index in [0.29, 0.717) is 11.6 Å². The van der Waals surface area contributed by atoms with Crippen LogP contribution in [0.15, 0.2) is 29.2 Å². The van der Waals surface area contributed by atoms with Gasteiger partial charge in [-0.05, 0) is 68.0 Å². The van der Waals surface area contributed by atoms with E-state index >= 15 is 0 Å². The highest BCUT2D eigenvalue weighted by atomic mass is 35.5. The molecule has 2 aliphatic rings. The van der Waals surface area contributed by atoms with Crippen molar-refractivity contribution in [1.29, 1.82) is 0 Å². The van der Waals surface area contributed by atoms with Gasteiger partial charge in [0.15, 0.2) is 5.69 Å². The van der Waals surface area contributed by atoms with E-state index < -0.39 is 5.91 Å². The van der Waals surface area contributed by atoms with Crippen LogP contribution in [0.2, 0.25) is 5.02 Å². The lowest BCUT2D eigenvalue weighted by Crippen LogP contribution is -2.31. The van der Waals surface area contributed by atoms with Crippen LogP contribution in [-0.2, 0) is 12.8 Å². The van der Waals surface area contributed by atoms with Gasteiger partial charge in [-0.1, -0.05) is 23.7 Å². The molecule has 0 saturated carbocycles. The first-order chi connectivity index (χ1) is 12.6. The molecule has 5 nitrogen and oxygen atoms in total. The van der Waals surface area contributed by atoms with Gasteiger partial charge in [-0.25, -0.2) is 0 Å². The smallest absolute Gasteiger partial charge is 0.270 e. The van der Waals surface area contributed by atoms with Crippen LogP contribution in [0.25, 0.3) is 0 Å². The number of benzene rings is 1. The van der Waals surface area contributed by atoms with Gasteiger partial charge in [-0.2, -0.15) is 5.10 Å². The Kier molecular flexibility index (Phi) is 5.16. The Labute approximate surface area is 162 Å². The maximum Gasteiger partial charge on any atom is 0.270 e. The van der Waals surface area contributed by atoms with E-state index in [0.717, 1.165) is 47.1 Å². The summed E-state index contributed by atoms with van der Waals surface area (Å²) >= 11 is 7.68. The van der Waals surface area contributed by atoms with Crippen LogP contribution in [0.1, 0.15) is 45.4 Å². The molecule has 4 rings (SSSR count). The monoisotopic (exact) mass is 388 g/mol. The molecule has 136 valence electrons. The fraction of sp³-hybridized carbons (Fsp3) is 0.421. The Morgan fingerprint density at radius 2 is 2.12 bits per heavy atom. The molecule has 1 fully saturated rings. The quantitative estimate of drug-likeness (QED) is 0.840. The van der Waals surface area contributed by atoms with Gasteiger partial charge in [0.1, 0.15) is 0 Å². The lowest BCUT2D eigenvalue weighted by molar-refractivity contribution is 0.0991. The Bertz CT molecular complexity index is 821. The van der Waals surface area contributed by atoms with Crippen molar-refractivity contribution >= 4 is 29.3 Å². The number of amides is 1. The summed E-state index contributed by atoms with van der Waals surface area (Å²) in [5, 5.41) is 13.0. The van der Waals surface area contributed by atoms with Gasteiger partial charge < -0.3 is 11.1 Å². The standard InChI is InChI=1S/C19H21ClN4OS/c20-13-5-3-12(4-6-13)16-9-14-15(8-11-2-1-7-22-10-11)23-24-17(19(21)25)18(14)26-16/h3-6,11,16,22H,1-2,7-10H2,(H2,21,25). The number of thioether (sulfide) groups is 1. The first kappa shape index (κ1) is 17.8. The number of carbonyl (C=O) groups excluding carboxylic acids is 1. The summed E-state index contributed by atoms with van der Waals surface area (Å²) in [5.41, 5.74) is 9.19. The second-order valence-corrected chi connectivity index (χ2v) is 8.60. The van der Waals surface area contributed by atoms with Crippen LogP contribution >= 0.6 is 23.4 Å². The molecule has 3 heterocycles. The maximum absolute atomic E-state index is 11.8. The van der Waals surface area contributed by atoms with Gasteiger partial charge in [0, 0.05) is 15.2 Å².